The Kier molecular flexibility index (Phi) is 7.94. The van der Waals surface area contributed by atoms with Crippen molar-refractivity contribution in [3.05, 3.63) is 40.9 Å². The van der Waals surface area contributed by atoms with Gasteiger partial charge in [-0.25, -0.2) is 4.98 Å². The Morgan fingerprint density at radius 2 is 2.05 bits per heavy atom. The Morgan fingerprint density at radius 3 is 2.74 bits per heavy atom. The molecule has 0 radical (unpaired) electrons. The van der Waals surface area contributed by atoms with E-state index in [0.717, 1.165) is 18.0 Å². The van der Waals surface area contributed by atoms with E-state index < -0.39 is 0 Å². The van der Waals surface area contributed by atoms with Crippen LogP contribution in [0.2, 0.25) is 0 Å². The van der Waals surface area contributed by atoms with E-state index in [9.17, 15) is 0 Å². The number of thiazole rings is 1. The molecule has 0 aliphatic rings. The predicted molar refractivity (Wildman–Crippen MR) is 88.5 cm³/mol. The van der Waals surface area contributed by atoms with Gasteiger partial charge in [-0.05, 0) is 36.9 Å². The number of rotatable bonds is 5. The zero-order valence-electron chi connectivity index (χ0n) is 11.4. The summed E-state index contributed by atoms with van der Waals surface area (Å²) in [4.78, 5) is 5.78. The summed E-state index contributed by atoms with van der Waals surface area (Å²) in [7, 11) is 0. The zero-order chi connectivity index (χ0) is 14.1. The van der Waals surface area contributed by atoms with Crippen molar-refractivity contribution in [2.75, 3.05) is 11.1 Å². The number of nitrogens with zero attached hydrogens (tertiary/aromatic N) is 1. The maximum atomic E-state index is 4.64. The minimum atomic E-state index is 0.988. The highest BCUT2D eigenvalue weighted by Crippen LogP contribution is 2.26. The van der Waals surface area contributed by atoms with E-state index in [1.807, 2.05) is 0 Å². The largest absolute Gasteiger partial charge is 0.302 e. The van der Waals surface area contributed by atoms with Gasteiger partial charge in [0.05, 0.1) is 5.69 Å². The predicted octanol–water partition coefficient (Wildman–Crippen LogP) is 5.38. The number of aromatic nitrogens is 1. The van der Waals surface area contributed by atoms with Crippen LogP contribution in [-0.2, 0) is 6.42 Å². The third kappa shape index (κ3) is 5.43. The number of aryl methyl sites for hydroxylation is 2. The first-order valence-corrected chi connectivity index (χ1v) is 8.55. The van der Waals surface area contributed by atoms with Crippen LogP contribution >= 0.6 is 34.9 Å². The molecule has 19 heavy (non-hydrogen) atoms. The Hall–Kier alpha value is -0.710. The van der Waals surface area contributed by atoms with Crippen molar-refractivity contribution in [1.82, 2.24) is 4.98 Å². The van der Waals surface area contributed by atoms with Crippen LogP contribution in [0.15, 0.2) is 34.5 Å². The third-order valence-corrected chi connectivity index (χ3v) is 4.31. The first kappa shape index (κ1) is 16.3. The molecule has 0 saturated heterocycles. The Bertz CT molecular complexity index is 486. The number of hydrogen-bond donors (Lipinski definition) is 1. The zero-order valence-corrected chi connectivity index (χ0v) is 13.8. The van der Waals surface area contributed by atoms with E-state index >= 15 is 0 Å². The quantitative estimate of drug-likeness (QED) is 0.592. The van der Waals surface area contributed by atoms with Crippen LogP contribution in [0.5, 0.6) is 0 Å². The molecule has 0 aliphatic heterocycles. The van der Waals surface area contributed by atoms with Gasteiger partial charge in [-0.15, -0.1) is 22.9 Å². The summed E-state index contributed by atoms with van der Waals surface area (Å²) in [6.45, 7) is 4.29. The van der Waals surface area contributed by atoms with Crippen LogP contribution in [0, 0.1) is 6.92 Å². The van der Waals surface area contributed by atoms with Crippen molar-refractivity contribution in [3.8, 4) is 0 Å². The molecule has 1 heterocycles. The maximum absolute atomic E-state index is 4.64. The van der Waals surface area contributed by atoms with E-state index in [0.29, 0.717) is 0 Å². The van der Waals surface area contributed by atoms with Crippen LogP contribution in [0.1, 0.15) is 24.6 Å². The Labute approximate surface area is 128 Å². The fraction of sp³-hybridized carbons (Fsp3) is 0.357. The SMILES string of the molecule is CCCc1csc(NSc2ccccc2C)n1.CCl. The van der Waals surface area contributed by atoms with Crippen LogP contribution in [0.3, 0.4) is 0 Å². The first-order valence-electron chi connectivity index (χ1n) is 6.10. The molecule has 1 N–H and O–H groups in total. The molecule has 0 bridgehead atoms. The van der Waals surface area contributed by atoms with Crippen molar-refractivity contribution in [1.29, 1.82) is 0 Å². The molecule has 0 fully saturated rings. The third-order valence-electron chi connectivity index (χ3n) is 2.40. The van der Waals surface area contributed by atoms with Crippen molar-refractivity contribution in [3.63, 3.8) is 0 Å². The molecule has 0 spiro atoms. The van der Waals surface area contributed by atoms with Crippen LogP contribution in [-0.4, -0.2) is 11.4 Å². The van der Waals surface area contributed by atoms with Crippen molar-refractivity contribution in [2.24, 2.45) is 0 Å². The average Bonchev–Trinajstić information content (AvgIpc) is 2.88. The number of anilines is 1. The van der Waals surface area contributed by atoms with Gasteiger partial charge < -0.3 is 4.72 Å². The lowest BCUT2D eigenvalue weighted by Gasteiger charge is -2.04. The number of benzene rings is 1. The second-order valence-electron chi connectivity index (χ2n) is 3.86. The van der Waals surface area contributed by atoms with Gasteiger partial charge in [-0.2, -0.15) is 0 Å². The fourth-order valence-corrected chi connectivity index (χ4v) is 3.02. The smallest absolute Gasteiger partial charge is 0.193 e. The number of hydrogen-bond acceptors (Lipinski definition) is 4. The summed E-state index contributed by atoms with van der Waals surface area (Å²) in [5.74, 6) is 0. The summed E-state index contributed by atoms with van der Waals surface area (Å²) < 4.78 is 3.30. The molecular formula is C14H19ClN2S2. The standard InChI is InChI=1S/C13H16N2S2.CH3Cl/c1-3-6-11-9-16-13(14-11)15-17-12-8-5-4-7-10(12)2;1-2/h4-5,7-9H,3,6H2,1-2H3,(H,14,15);1H3. The first-order chi connectivity index (χ1) is 9.29. The fourth-order valence-electron chi connectivity index (χ4n) is 1.49. The highest BCUT2D eigenvalue weighted by atomic mass is 35.5. The van der Waals surface area contributed by atoms with Crippen molar-refractivity contribution in [2.45, 2.75) is 31.6 Å². The molecule has 2 nitrogen and oxygen atoms in total. The molecule has 104 valence electrons. The van der Waals surface area contributed by atoms with E-state index in [1.165, 1.54) is 22.5 Å². The summed E-state index contributed by atoms with van der Waals surface area (Å²) in [6, 6.07) is 8.35. The van der Waals surface area contributed by atoms with Gasteiger partial charge in [0.2, 0.25) is 0 Å². The minimum Gasteiger partial charge on any atom is -0.302 e. The van der Waals surface area contributed by atoms with Gasteiger partial charge in [0.1, 0.15) is 0 Å². The number of nitrogens with one attached hydrogen (secondary N) is 1. The monoisotopic (exact) mass is 314 g/mol. The molecule has 0 unspecified atom stereocenters. The van der Waals surface area contributed by atoms with Gasteiger partial charge in [0.15, 0.2) is 5.13 Å². The lowest BCUT2D eigenvalue weighted by atomic mass is 10.2. The maximum Gasteiger partial charge on any atom is 0.193 e. The van der Waals surface area contributed by atoms with Gasteiger partial charge >= 0.3 is 0 Å². The van der Waals surface area contributed by atoms with Gasteiger partial charge in [-0.3, -0.25) is 0 Å². The summed E-state index contributed by atoms with van der Waals surface area (Å²) in [6.07, 6.45) is 3.68. The van der Waals surface area contributed by atoms with Crippen LogP contribution in [0.25, 0.3) is 0 Å². The normalized spacial score (nSPS) is 9.68. The van der Waals surface area contributed by atoms with E-state index in [-0.39, 0.29) is 0 Å². The lowest BCUT2D eigenvalue weighted by molar-refractivity contribution is 0.894. The van der Waals surface area contributed by atoms with Crippen molar-refractivity contribution < 1.29 is 0 Å². The second-order valence-corrected chi connectivity index (χ2v) is 5.57. The topological polar surface area (TPSA) is 24.9 Å². The van der Waals surface area contributed by atoms with E-state index in [2.05, 4.69) is 64.8 Å². The molecule has 5 heteroatoms. The molecular weight excluding hydrogens is 296 g/mol. The number of halogens is 1. The molecule has 2 rings (SSSR count). The van der Waals surface area contributed by atoms with Crippen molar-refractivity contribution >= 4 is 40.0 Å². The Balaban J connectivity index is 0.000000861. The summed E-state index contributed by atoms with van der Waals surface area (Å²) in [5.41, 5.74) is 2.47. The summed E-state index contributed by atoms with van der Waals surface area (Å²) >= 11 is 7.94. The molecule has 0 amide bonds. The average molecular weight is 315 g/mol. The van der Waals surface area contributed by atoms with Gasteiger partial charge in [-0.1, -0.05) is 31.5 Å². The lowest BCUT2D eigenvalue weighted by Crippen LogP contribution is -1.89. The van der Waals surface area contributed by atoms with E-state index in [1.54, 1.807) is 23.3 Å². The molecule has 2 aromatic rings. The Morgan fingerprint density at radius 1 is 1.32 bits per heavy atom. The number of alkyl halides is 1. The van der Waals surface area contributed by atoms with E-state index in [4.69, 9.17) is 0 Å². The molecule has 0 atom stereocenters. The minimum absolute atomic E-state index is 0.988. The van der Waals surface area contributed by atoms with Crippen LogP contribution in [0.4, 0.5) is 5.13 Å². The molecule has 0 aliphatic carbocycles. The highest BCUT2D eigenvalue weighted by molar-refractivity contribution is 8.00. The van der Waals surface area contributed by atoms with Crippen LogP contribution < -0.4 is 4.72 Å². The van der Waals surface area contributed by atoms with Gasteiger partial charge in [0, 0.05) is 16.7 Å². The highest BCUT2D eigenvalue weighted by Gasteiger charge is 2.02. The molecule has 0 saturated carbocycles. The molecule has 1 aromatic carbocycles. The summed E-state index contributed by atoms with van der Waals surface area (Å²) in [5, 5.41) is 3.12. The molecule has 1 aromatic heterocycles. The van der Waals surface area contributed by atoms with Gasteiger partial charge in [0.25, 0.3) is 0 Å². The second kappa shape index (κ2) is 9.23.